The van der Waals surface area contributed by atoms with Crippen LogP contribution in [0, 0.1) is 0 Å². The molecule has 0 fully saturated rings. The summed E-state index contributed by atoms with van der Waals surface area (Å²) in [5.74, 6) is 0. The Balaban J connectivity index is 0. The van der Waals surface area contributed by atoms with Gasteiger partial charge < -0.3 is 0 Å². The van der Waals surface area contributed by atoms with Gasteiger partial charge in [0.25, 0.3) is 0 Å². The molecular formula is C6H16CrO4. The van der Waals surface area contributed by atoms with Crippen molar-refractivity contribution < 1.29 is 29.5 Å². The molecule has 0 saturated carbocycles. The minimum absolute atomic E-state index is 1.36. The Labute approximate surface area is 69.6 Å². The second-order valence-electron chi connectivity index (χ2n) is 2.15. The van der Waals surface area contributed by atoms with Crippen LogP contribution < -0.4 is 0 Å². The fraction of sp³-hybridized carbons (Fsp3) is 1.00. The number of hydrogen-bond donors (Lipinski definition) is 2. The van der Waals surface area contributed by atoms with E-state index >= 15 is 0 Å². The summed E-state index contributed by atoms with van der Waals surface area (Å²) in [5.41, 5.74) is 0. The number of hydrogen-bond acceptors (Lipinski definition) is 2. The maximum absolute atomic E-state index is 8.82. The van der Waals surface area contributed by atoms with E-state index in [2.05, 4.69) is 13.8 Å². The molecule has 5 heteroatoms. The van der Waals surface area contributed by atoms with Crippen LogP contribution >= 0.6 is 0 Å². The first kappa shape index (κ1) is 13.6. The second kappa shape index (κ2) is 8.15. The van der Waals surface area contributed by atoms with Gasteiger partial charge in [-0.2, -0.15) is 0 Å². The Hall–Kier alpha value is 0.0525. The Morgan fingerprint density at radius 1 is 1.00 bits per heavy atom. The molecule has 0 aliphatic heterocycles. The zero-order valence-electron chi connectivity index (χ0n) is 6.95. The van der Waals surface area contributed by atoms with Crippen LogP contribution in [0.15, 0.2) is 0 Å². The minimum atomic E-state index is -5.25. The first-order chi connectivity index (χ1) is 4.91. The third-order valence-electron chi connectivity index (χ3n) is 0.957. The van der Waals surface area contributed by atoms with E-state index in [1.165, 1.54) is 25.7 Å². The van der Waals surface area contributed by atoms with Crippen molar-refractivity contribution in [3.8, 4) is 0 Å². The Bertz CT molecular complexity index is 138. The van der Waals surface area contributed by atoms with E-state index in [0.717, 1.165) is 0 Å². The van der Waals surface area contributed by atoms with Crippen LogP contribution in [0.3, 0.4) is 0 Å². The third kappa shape index (κ3) is 70.0. The molecule has 0 spiro atoms. The molecule has 0 aromatic rings. The molecule has 0 unspecified atom stereocenters. The molecule has 2 N–H and O–H groups in total. The summed E-state index contributed by atoms with van der Waals surface area (Å²) in [5, 5.41) is 0. The van der Waals surface area contributed by atoms with Gasteiger partial charge in [0.1, 0.15) is 0 Å². The topological polar surface area (TPSA) is 74.6 Å². The van der Waals surface area contributed by atoms with E-state index < -0.39 is 13.6 Å². The molecule has 0 aromatic heterocycles. The fourth-order valence-corrected chi connectivity index (χ4v) is 0.500. The predicted molar refractivity (Wildman–Crippen MR) is 35.6 cm³/mol. The van der Waals surface area contributed by atoms with Gasteiger partial charge in [-0.3, -0.25) is 0 Å². The molecule has 0 heterocycles. The molecule has 0 saturated heterocycles. The van der Waals surface area contributed by atoms with Crippen LogP contribution in [0.5, 0.6) is 0 Å². The molecule has 0 atom stereocenters. The molecular weight excluding hydrogens is 188 g/mol. The van der Waals surface area contributed by atoms with Gasteiger partial charge in [0.05, 0.1) is 0 Å². The van der Waals surface area contributed by atoms with Crippen molar-refractivity contribution in [2.24, 2.45) is 0 Å². The average Bonchev–Trinajstić information content (AvgIpc) is 1.79. The first-order valence-corrected chi connectivity index (χ1v) is 5.79. The normalized spacial score (nSPS) is 10.2. The quantitative estimate of drug-likeness (QED) is 0.678. The van der Waals surface area contributed by atoms with Crippen molar-refractivity contribution >= 4 is 0 Å². The summed E-state index contributed by atoms with van der Waals surface area (Å²) in [4.78, 5) is 0. The number of unbranched alkanes of at least 4 members (excludes halogenated alkanes) is 3. The molecule has 0 rings (SSSR count). The van der Waals surface area contributed by atoms with E-state index in [4.69, 9.17) is 15.9 Å². The van der Waals surface area contributed by atoms with Gasteiger partial charge in [-0.15, -0.1) is 0 Å². The van der Waals surface area contributed by atoms with Gasteiger partial charge in [-0.25, -0.2) is 0 Å². The van der Waals surface area contributed by atoms with Gasteiger partial charge in [0.2, 0.25) is 0 Å². The van der Waals surface area contributed by atoms with Crippen LogP contribution in [0.25, 0.3) is 0 Å². The Morgan fingerprint density at radius 2 is 1.18 bits per heavy atom. The SMILES string of the molecule is CCCCCC.[O]=[Cr](=[O])([OH])[OH]. The Morgan fingerprint density at radius 3 is 1.27 bits per heavy atom. The zero-order chi connectivity index (χ0) is 9.33. The van der Waals surface area contributed by atoms with Crippen LogP contribution in [0.4, 0.5) is 0 Å². The summed E-state index contributed by atoms with van der Waals surface area (Å²) in [6.45, 7) is 4.46. The summed E-state index contributed by atoms with van der Waals surface area (Å²) in [6, 6.07) is 0. The van der Waals surface area contributed by atoms with Gasteiger partial charge >= 0.3 is 29.5 Å². The van der Waals surface area contributed by atoms with Gasteiger partial charge in [0, 0.05) is 0 Å². The molecule has 0 bridgehead atoms. The summed E-state index contributed by atoms with van der Waals surface area (Å²) in [7, 11) is 0. The summed E-state index contributed by atoms with van der Waals surface area (Å²) in [6.07, 6.45) is 5.54. The molecule has 0 radical (unpaired) electrons. The molecule has 70 valence electrons. The molecule has 4 nitrogen and oxygen atoms in total. The van der Waals surface area contributed by atoms with E-state index in [9.17, 15) is 0 Å². The van der Waals surface area contributed by atoms with Gasteiger partial charge in [0.15, 0.2) is 0 Å². The summed E-state index contributed by atoms with van der Waals surface area (Å²) >= 11 is -5.25. The summed E-state index contributed by atoms with van der Waals surface area (Å²) < 4.78 is 31.9. The van der Waals surface area contributed by atoms with Crippen molar-refractivity contribution in [3.05, 3.63) is 0 Å². The number of rotatable bonds is 3. The molecule has 0 aromatic carbocycles. The predicted octanol–water partition coefficient (Wildman–Crippen LogP) is 1.23. The average molecular weight is 204 g/mol. The van der Waals surface area contributed by atoms with E-state index in [1.54, 1.807) is 0 Å². The van der Waals surface area contributed by atoms with Crippen LogP contribution in [-0.4, -0.2) is 8.32 Å². The van der Waals surface area contributed by atoms with Crippen molar-refractivity contribution in [1.82, 2.24) is 0 Å². The zero-order valence-corrected chi connectivity index (χ0v) is 8.22. The van der Waals surface area contributed by atoms with Crippen LogP contribution in [-0.2, 0) is 21.2 Å². The van der Waals surface area contributed by atoms with Crippen LogP contribution in [0.1, 0.15) is 39.5 Å². The third-order valence-corrected chi connectivity index (χ3v) is 0.957. The standard InChI is InChI=1S/C6H14.Cr.2H2O.2O/c1-3-5-6-4-2;;;;;/h3-6H2,1-2H3;;2*1H2;;/q;+2;;;;/p-2. The molecule has 0 aliphatic rings. The van der Waals surface area contributed by atoms with Gasteiger partial charge in [-0.1, -0.05) is 39.5 Å². The Kier molecular flexibility index (Phi) is 10.1. The van der Waals surface area contributed by atoms with E-state index in [-0.39, 0.29) is 0 Å². The maximum atomic E-state index is 8.82. The van der Waals surface area contributed by atoms with Gasteiger partial charge in [-0.05, 0) is 0 Å². The monoisotopic (exact) mass is 204 g/mol. The fourth-order valence-electron chi connectivity index (χ4n) is 0.500. The molecule has 0 aliphatic carbocycles. The van der Waals surface area contributed by atoms with Crippen LogP contribution in [0.2, 0.25) is 0 Å². The van der Waals surface area contributed by atoms with E-state index in [0.29, 0.717) is 0 Å². The molecule has 11 heavy (non-hydrogen) atoms. The molecule has 0 amide bonds. The van der Waals surface area contributed by atoms with Crippen molar-refractivity contribution in [3.63, 3.8) is 0 Å². The van der Waals surface area contributed by atoms with Crippen molar-refractivity contribution in [2.75, 3.05) is 0 Å². The first-order valence-electron chi connectivity index (χ1n) is 3.61. The van der Waals surface area contributed by atoms with E-state index in [1.807, 2.05) is 0 Å². The van der Waals surface area contributed by atoms with Crippen molar-refractivity contribution in [2.45, 2.75) is 39.5 Å². The second-order valence-corrected chi connectivity index (χ2v) is 3.55. The van der Waals surface area contributed by atoms with Crippen molar-refractivity contribution in [1.29, 1.82) is 0 Å².